The molecular weight excluding hydrogens is 244 g/mol. The molecule has 0 bridgehead atoms. The highest BCUT2D eigenvalue weighted by Gasteiger charge is 2.19. The Bertz CT molecular complexity index is 634. The smallest absolute Gasteiger partial charge is 0.328 e. The fourth-order valence-electron chi connectivity index (χ4n) is 1.67. The second kappa shape index (κ2) is 4.52. The fourth-order valence-corrected chi connectivity index (χ4v) is 1.67. The van der Waals surface area contributed by atoms with Gasteiger partial charge in [0.25, 0.3) is 6.43 Å². The average Bonchev–Trinajstić information content (AvgIpc) is 2.67. The molecule has 7 heteroatoms. The molecule has 1 aromatic carbocycles. The van der Waals surface area contributed by atoms with Crippen LogP contribution in [0.4, 0.5) is 8.78 Å². The summed E-state index contributed by atoms with van der Waals surface area (Å²) < 4.78 is 27.4. The van der Waals surface area contributed by atoms with Gasteiger partial charge < -0.3 is 5.11 Å². The molecule has 1 aromatic heterocycles. The van der Waals surface area contributed by atoms with E-state index in [0.29, 0.717) is 5.52 Å². The van der Waals surface area contributed by atoms with Crippen LogP contribution in [0.15, 0.2) is 18.2 Å². The number of aromatic nitrogens is 3. The normalized spacial score (nSPS) is 11.8. The second-order valence-electron chi connectivity index (χ2n) is 3.62. The lowest BCUT2D eigenvalue weighted by Gasteiger charge is -2.05. The number of aliphatic carboxylic acids is 1. The molecule has 0 saturated carbocycles. The maximum atomic E-state index is 13.0. The quantitative estimate of drug-likeness (QED) is 0.849. The third-order valence-electron chi connectivity index (χ3n) is 2.48. The third kappa shape index (κ3) is 2.06. The number of hydrogen-bond acceptors (Lipinski definition) is 3. The monoisotopic (exact) mass is 253 g/mol. The standard InChI is InChI=1S/C11H9F2N3O2/c1-16-7-4-2-6(3-5-8(17)18)9(11(12)13)10(7)14-15-16/h2-5,11H,1H3,(H,17,18). The first-order chi connectivity index (χ1) is 8.50. The molecule has 0 aliphatic rings. The molecule has 2 rings (SSSR count). The molecule has 1 heterocycles. The van der Waals surface area contributed by atoms with Crippen LogP contribution in [0, 0.1) is 0 Å². The number of carboxylic acid groups (broad SMARTS) is 1. The SMILES string of the molecule is Cn1nnc2c(C(F)F)c(C=CC(=O)O)ccc21. The number of hydrogen-bond donors (Lipinski definition) is 1. The number of aryl methyl sites for hydroxylation is 1. The van der Waals surface area contributed by atoms with Crippen molar-refractivity contribution in [2.45, 2.75) is 6.43 Å². The van der Waals surface area contributed by atoms with Crippen molar-refractivity contribution in [3.8, 4) is 0 Å². The molecule has 2 aromatic rings. The van der Waals surface area contributed by atoms with E-state index in [-0.39, 0.29) is 16.6 Å². The maximum Gasteiger partial charge on any atom is 0.328 e. The van der Waals surface area contributed by atoms with Crippen molar-refractivity contribution < 1.29 is 18.7 Å². The lowest BCUT2D eigenvalue weighted by atomic mass is 10.1. The van der Waals surface area contributed by atoms with E-state index >= 15 is 0 Å². The Morgan fingerprint density at radius 3 is 2.83 bits per heavy atom. The van der Waals surface area contributed by atoms with Gasteiger partial charge in [0.1, 0.15) is 5.52 Å². The number of alkyl halides is 2. The van der Waals surface area contributed by atoms with Gasteiger partial charge in [0.2, 0.25) is 0 Å². The van der Waals surface area contributed by atoms with E-state index in [2.05, 4.69) is 10.3 Å². The molecule has 0 unspecified atom stereocenters. The van der Waals surface area contributed by atoms with Crippen molar-refractivity contribution in [3.05, 3.63) is 29.3 Å². The minimum absolute atomic E-state index is 0.0834. The first-order valence-electron chi connectivity index (χ1n) is 5.02. The molecular formula is C11H9F2N3O2. The van der Waals surface area contributed by atoms with Crippen LogP contribution in [0.2, 0.25) is 0 Å². The van der Waals surface area contributed by atoms with Gasteiger partial charge in [-0.05, 0) is 17.7 Å². The minimum Gasteiger partial charge on any atom is -0.478 e. The van der Waals surface area contributed by atoms with Gasteiger partial charge >= 0.3 is 5.97 Å². The number of benzene rings is 1. The summed E-state index contributed by atoms with van der Waals surface area (Å²) in [5.41, 5.74) is 0.372. The molecule has 0 amide bonds. The average molecular weight is 253 g/mol. The topological polar surface area (TPSA) is 68.0 Å². The first-order valence-corrected chi connectivity index (χ1v) is 5.02. The highest BCUT2D eigenvalue weighted by atomic mass is 19.3. The zero-order valence-corrected chi connectivity index (χ0v) is 9.34. The van der Waals surface area contributed by atoms with Crippen LogP contribution < -0.4 is 0 Å². The predicted octanol–water partition coefficient (Wildman–Crippen LogP) is 2.00. The van der Waals surface area contributed by atoms with Gasteiger partial charge in [-0.2, -0.15) is 0 Å². The Kier molecular flexibility index (Phi) is 3.05. The summed E-state index contributed by atoms with van der Waals surface area (Å²) in [6.45, 7) is 0. The van der Waals surface area contributed by atoms with E-state index in [0.717, 1.165) is 12.2 Å². The molecule has 0 fully saturated rings. The van der Waals surface area contributed by atoms with Crippen LogP contribution in [-0.2, 0) is 11.8 Å². The number of fused-ring (bicyclic) bond motifs is 1. The molecule has 1 N–H and O–H groups in total. The number of halogens is 2. The van der Waals surface area contributed by atoms with E-state index in [1.165, 1.54) is 10.7 Å². The van der Waals surface area contributed by atoms with Crippen LogP contribution in [0.3, 0.4) is 0 Å². The van der Waals surface area contributed by atoms with Crippen molar-refractivity contribution in [1.82, 2.24) is 15.0 Å². The largest absolute Gasteiger partial charge is 0.478 e. The fraction of sp³-hybridized carbons (Fsp3) is 0.182. The lowest BCUT2D eigenvalue weighted by molar-refractivity contribution is -0.131. The summed E-state index contributed by atoms with van der Waals surface area (Å²) in [6, 6.07) is 3.00. The second-order valence-corrected chi connectivity index (χ2v) is 3.62. The molecule has 0 saturated heterocycles. The van der Waals surface area contributed by atoms with Crippen LogP contribution in [0.25, 0.3) is 17.1 Å². The molecule has 0 aliphatic heterocycles. The van der Waals surface area contributed by atoms with Gasteiger partial charge in [-0.3, -0.25) is 0 Å². The van der Waals surface area contributed by atoms with Crippen LogP contribution in [-0.4, -0.2) is 26.1 Å². The van der Waals surface area contributed by atoms with Crippen molar-refractivity contribution in [2.24, 2.45) is 7.05 Å². The van der Waals surface area contributed by atoms with E-state index in [1.54, 1.807) is 13.1 Å². The van der Waals surface area contributed by atoms with E-state index < -0.39 is 12.4 Å². The molecule has 0 aliphatic carbocycles. The summed E-state index contributed by atoms with van der Waals surface area (Å²) in [7, 11) is 1.59. The Morgan fingerprint density at radius 2 is 2.22 bits per heavy atom. The van der Waals surface area contributed by atoms with Gasteiger partial charge in [0.15, 0.2) is 0 Å². The molecule has 0 atom stereocenters. The minimum atomic E-state index is -2.75. The van der Waals surface area contributed by atoms with Gasteiger partial charge in [-0.15, -0.1) is 5.10 Å². The number of rotatable bonds is 3. The zero-order valence-electron chi connectivity index (χ0n) is 9.34. The summed E-state index contributed by atoms with van der Waals surface area (Å²) in [4.78, 5) is 10.4. The molecule has 0 spiro atoms. The number of nitrogens with zero attached hydrogens (tertiary/aromatic N) is 3. The van der Waals surface area contributed by atoms with Gasteiger partial charge in [-0.25, -0.2) is 18.3 Å². The molecule has 0 radical (unpaired) electrons. The van der Waals surface area contributed by atoms with E-state index in [9.17, 15) is 13.6 Å². The summed E-state index contributed by atoms with van der Waals surface area (Å²) in [6.07, 6.45) is -0.819. The highest BCUT2D eigenvalue weighted by Crippen LogP contribution is 2.30. The van der Waals surface area contributed by atoms with Crippen molar-refractivity contribution >= 4 is 23.1 Å². The third-order valence-corrected chi connectivity index (χ3v) is 2.48. The maximum absolute atomic E-state index is 13.0. The van der Waals surface area contributed by atoms with Crippen molar-refractivity contribution in [3.63, 3.8) is 0 Å². The Balaban J connectivity index is 2.67. The highest BCUT2D eigenvalue weighted by molar-refractivity contribution is 5.88. The number of carbonyl (C=O) groups is 1. The van der Waals surface area contributed by atoms with Gasteiger partial charge in [0.05, 0.1) is 11.1 Å². The van der Waals surface area contributed by atoms with Gasteiger partial charge in [0, 0.05) is 13.1 Å². The summed E-state index contributed by atoms with van der Waals surface area (Å²) in [5, 5.41) is 15.9. The molecule has 5 nitrogen and oxygen atoms in total. The number of carboxylic acids is 1. The Labute approximate surface area is 100 Å². The zero-order chi connectivity index (χ0) is 13.3. The van der Waals surface area contributed by atoms with Crippen LogP contribution >= 0.6 is 0 Å². The van der Waals surface area contributed by atoms with E-state index in [1.807, 2.05) is 0 Å². The van der Waals surface area contributed by atoms with Gasteiger partial charge in [-0.1, -0.05) is 11.3 Å². The Morgan fingerprint density at radius 1 is 1.50 bits per heavy atom. The Hall–Kier alpha value is -2.31. The van der Waals surface area contributed by atoms with Crippen molar-refractivity contribution in [1.29, 1.82) is 0 Å². The molecule has 18 heavy (non-hydrogen) atoms. The molecule has 94 valence electrons. The summed E-state index contributed by atoms with van der Waals surface area (Å²) >= 11 is 0. The van der Waals surface area contributed by atoms with E-state index in [4.69, 9.17) is 5.11 Å². The van der Waals surface area contributed by atoms with Crippen LogP contribution in [0.5, 0.6) is 0 Å². The van der Waals surface area contributed by atoms with Crippen LogP contribution in [0.1, 0.15) is 17.6 Å². The summed E-state index contributed by atoms with van der Waals surface area (Å²) in [5.74, 6) is -1.20. The predicted molar refractivity (Wildman–Crippen MR) is 60.1 cm³/mol. The lowest BCUT2D eigenvalue weighted by Crippen LogP contribution is -1.94. The van der Waals surface area contributed by atoms with Crippen molar-refractivity contribution in [2.75, 3.05) is 0 Å². The first kappa shape index (κ1) is 12.2.